The third kappa shape index (κ3) is 3.61. The van der Waals surface area contributed by atoms with Gasteiger partial charge in [-0.15, -0.1) is 11.3 Å². The number of anilines is 1. The fraction of sp³-hybridized carbons (Fsp3) is 0.381. The first kappa shape index (κ1) is 21.2. The predicted octanol–water partition coefficient (Wildman–Crippen LogP) is 4.59. The van der Waals surface area contributed by atoms with Gasteiger partial charge in [-0.2, -0.15) is 5.26 Å². The Hall–Kier alpha value is -2.47. The second-order valence-electron chi connectivity index (χ2n) is 8.64. The number of nitriles is 1. The predicted molar refractivity (Wildman–Crippen MR) is 116 cm³/mol. The Morgan fingerprint density at radius 3 is 2.45 bits per heavy atom. The highest BCUT2D eigenvalue weighted by atomic mass is 32.1. The van der Waals surface area contributed by atoms with E-state index in [4.69, 9.17) is 4.43 Å². The van der Waals surface area contributed by atoms with Gasteiger partial charge < -0.3 is 9.74 Å². The summed E-state index contributed by atoms with van der Waals surface area (Å²) in [5, 5.41) is 14.2. The summed E-state index contributed by atoms with van der Waals surface area (Å²) >= 11 is 1.19. The Labute approximate surface area is 176 Å². The van der Waals surface area contributed by atoms with E-state index in [0.29, 0.717) is 16.1 Å². The summed E-state index contributed by atoms with van der Waals surface area (Å²) in [4.78, 5) is 27.6. The molecule has 2 aromatic rings. The van der Waals surface area contributed by atoms with Crippen molar-refractivity contribution in [2.75, 3.05) is 11.5 Å². The van der Waals surface area contributed by atoms with Crippen LogP contribution < -0.4 is 10.2 Å². The topological polar surface area (TPSA) is 82.4 Å². The van der Waals surface area contributed by atoms with Gasteiger partial charge in [0.05, 0.1) is 12.2 Å². The second-order valence-corrected chi connectivity index (χ2v) is 14.3. The van der Waals surface area contributed by atoms with E-state index < -0.39 is 25.8 Å². The molecule has 1 aromatic carbocycles. The molecule has 1 unspecified atom stereocenters. The van der Waals surface area contributed by atoms with Crippen molar-refractivity contribution in [1.82, 2.24) is 5.32 Å². The highest BCUT2D eigenvalue weighted by molar-refractivity contribution is 7.15. The molecule has 1 aliphatic heterocycles. The molecule has 2 heterocycles. The molecule has 152 valence electrons. The molecule has 0 saturated carbocycles. The van der Waals surface area contributed by atoms with Crippen LogP contribution in [0.15, 0.2) is 41.8 Å². The summed E-state index contributed by atoms with van der Waals surface area (Å²) < 4.78 is 6.39. The molecule has 1 N–H and O–H groups in total. The minimum atomic E-state index is -2.18. The number of thiophene rings is 1. The van der Waals surface area contributed by atoms with Crippen LogP contribution >= 0.6 is 11.3 Å². The van der Waals surface area contributed by atoms with Crippen LogP contribution in [0.1, 0.15) is 31.9 Å². The van der Waals surface area contributed by atoms with Crippen LogP contribution in [0.5, 0.6) is 0 Å². The summed E-state index contributed by atoms with van der Waals surface area (Å²) in [7, 11) is -2.18. The SMILES string of the molecule is CC(C)(C)[Si](C)(C)OCC1(c2ccccc2)NC(=O)N(c2sccc2C#N)C1=O. The Morgan fingerprint density at radius 2 is 1.86 bits per heavy atom. The van der Waals surface area contributed by atoms with Crippen molar-refractivity contribution in [3.8, 4) is 6.07 Å². The first-order valence-corrected chi connectivity index (χ1v) is 13.2. The van der Waals surface area contributed by atoms with E-state index in [1.807, 2.05) is 36.4 Å². The Kier molecular flexibility index (Phi) is 5.43. The Morgan fingerprint density at radius 1 is 1.21 bits per heavy atom. The lowest BCUT2D eigenvalue weighted by Crippen LogP contribution is -2.52. The number of hydrogen-bond donors (Lipinski definition) is 1. The van der Waals surface area contributed by atoms with E-state index in [1.165, 1.54) is 11.3 Å². The Bertz CT molecular complexity index is 975. The monoisotopic (exact) mass is 427 g/mol. The van der Waals surface area contributed by atoms with Crippen molar-refractivity contribution in [3.05, 3.63) is 52.9 Å². The van der Waals surface area contributed by atoms with Gasteiger partial charge in [0, 0.05) is 0 Å². The number of amides is 3. The molecule has 1 atom stereocenters. The third-order valence-electron chi connectivity index (χ3n) is 5.78. The molecule has 29 heavy (non-hydrogen) atoms. The molecule has 3 amide bonds. The number of carbonyl (C=O) groups is 2. The maximum Gasteiger partial charge on any atom is 0.330 e. The van der Waals surface area contributed by atoms with E-state index in [0.717, 1.165) is 4.90 Å². The van der Waals surface area contributed by atoms with E-state index in [2.05, 4.69) is 39.2 Å². The van der Waals surface area contributed by atoms with Crippen molar-refractivity contribution < 1.29 is 14.0 Å². The molecule has 1 saturated heterocycles. The van der Waals surface area contributed by atoms with Crippen LogP contribution in [0, 0.1) is 11.3 Å². The summed E-state index contributed by atoms with van der Waals surface area (Å²) in [5.41, 5.74) is -0.368. The van der Waals surface area contributed by atoms with Crippen molar-refractivity contribution in [2.24, 2.45) is 0 Å². The molecule has 0 radical (unpaired) electrons. The van der Waals surface area contributed by atoms with Gasteiger partial charge in [0.15, 0.2) is 13.9 Å². The highest BCUT2D eigenvalue weighted by Crippen LogP contribution is 2.40. The van der Waals surface area contributed by atoms with E-state index in [1.54, 1.807) is 11.4 Å². The number of hydrogen-bond acceptors (Lipinski definition) is 5. The maximum absolute atomic E-state index is 13.6. The van der Waals surface area contributed by atoms with Crippen LogP contribution in [0.4, 0.5) is 9.80 Å². The van der Waals surface area contributed by atoms with Gasteiger partial charge >= 0.3 is 6.03 Å². The maximum atomic E-state index is 13.6. The van der Waals surface area contributed by atoms with Gasteiger partial charge in [-0.1, -0.05) is 51.1 Å². The Balaban J connectivity index is 2.05. The average Bonchev–Trinajstić information content (AvgIpc) is 3.22. The highest BCUT2D eigenvalue weighted by Gasteiger charge is 2.55. The van der Waals surface area contributed by atoms with Gasteiger partial charge in [-0.05, 0) is 35.1 Å². The van der Waals surface area contributed by atoms with Gasteiger partial charge in [-0.3, -0.25) is 4.79 Å². The third-order valence-corrected chi connectivity index (χ3v) is 11.2. The molecule has 0 aliphatic carbocycles. The molecular weight excluding hydrogens is 402 g/mol. The number of urea groups is 1. The van der Waals surface area contributed by atoms with Gasteiger partial charge in [-0.25, -0.2) is 9.69 Å². The first-order valence-electron chi connectivity index (χ1n) is 9.37. The van der Waals surface area contributed by atoms with Crippen molar-refractivity contribution in [3.63, 3.8) is 0 Å². The number of nitrogens with one attached hydrogen (secondary N) is 1. The molecule has 0 spiro atoms. The van der Waals surface area contributed by atoms with Crippen LogP contribution in [-0.2, 0) is 14.8 Å². The summed E-state index contributed by atoms with van der Waals surface area (Å²) in [5.74, 6) is -0.425. The van der Waals surface area contributed by atoms with Gasteiger partial charge in [0.2, 0.25) is 0 Å². The molecule has 1 aromatic heterocycles. The van der Waals surface area contributed by atoms with Crippen LogP contribution in [-0.4, -0.2) is 26.9 Å². The van der Waals surface area contributed by atoms with Crippen molar-refractivity contribution in [1.29, 1.82) is 5.26 Å². The largest absolute Gasteiger partial charge is 0.414 e. The zero-order valence-corrected chi connectivity index (χ0v) is 19.1. The van der Waals surface area contributed by atoms with Crippen LogP contribution in [0.25, 0.3) is 0 Å². The molecule has 1 fully saturated rings. The van der Waals surface area contributed by atoms with Gasteiger partial charge in [0.1, 0.15) is 11.1 Å². The number of benzene rings is 1. The smallest absolute Gasteiger partial charge is 0.330 e. The average molecular weight is 428 g/mol. The lowest BCUT2D eigenvalue weighted by Gasteiger charge is -2.39. The molecule has 8 heteroatoms. The summed E-state index contributed by atoms with van der Waals surface area (Å²) in [6.07, 6.45) is 0. The number of imide groups is 1. The van der Waals surface area contributed by atoms with E-state index in [9.17, 15) is 14.9 Å². The normalized spacial score (nSPS) is 19.9. The van der Waals surface area contributed by atoms with Crippen molar-refractivity contribution in [2.45, 2.75) is 44.4 Å². The molecule has 1 aliphatic rings. The lowest BCUT2D eigenvalue weighted by atomic mass is 9.91. The van der Waals surface area contributed by atoms with Crippen LogP contribution in [0.2, 0.25) is 18.1 Å². The zero-order valence-electron chi connectivity index (χ0n) is 17.3. The van der Waals surface area contributed by atoms with E-state index in [-0.39, 0.29) is 11.6 Å². The first-order chi connectivity index (χ1) is 13.5. The number of nitrogens with zero attached hydrogens (tertiary/aromatic N) is 2. The molecule has 6 nitrogen and oxygen atoms in total. The molecule has 3 rings (SSSR count). The number of rotatable bonds is 5. The molecular formula is C21H25N3O3SSi. The second kappa shape index (κ2) is 7.41. The molecule has 0 bridgehead atoms. The quantitative estimate of drug-likeness (QED) is 0.559. The minimum absolute atomic E-state index is 0.0435. The standard InChI is InChI=1S/C21H25N3O3SSi/c1-20(2,3)29(4,5)27-14-21(16-9-7-6-8-10-16)18(25)24(19(26)23-21)17-15(13-22)11-12-28-17/h6-12H,14H2,1-5H3,(H,23,26). The fourth-order valence-corrected chi connectivity index (χ4v) is 4.78. The van der Waals surface area contributed by atoms with Gasteiger partial charge in [0.25, 0.3) is 5.91 Å². The van der Waals surface area contributed by atoms with Crippen LogP contribution in [0.3, 0.4) is 0 Å². The number of carbonyl (C=O) groups excluding carboxylic acids is 2. The lowest BCUT2D eigenvalue weighted by molar-refractivity contribution is -0.123. The van der Waals surface area contributed by atoms with E-state index >= 15 is 0 Å². The zero-order chi connectivity index (χ0) is 21.4. The van der Waals surface area contributed by atoms with Crippen molar-refractivity contribution >= 4 is 36.6 Å². The summed E-state index contributed by atoms with van der Waals surface area (Å²) in [6.45, 7) is 10.6. The fourth-order valence-electron chi connectivity index (χ4n) is 2.92. The minimum Gasteiger partial charge on any atom is -0.414 e. The summed E-state index contributed by atoms with van der Waals surface area (Å²) in [6, 6.07) is 12.3.